The van der Waals surface area contributed by atoms with Crippen LogP contribution < -0.4 is 10.0 Å². The van der Waals surface area contributed by atoms with Gasteiger partial charge in [0.25, 0.3) is 0 Å². The Morgan fingerprint density at radius 3 is 2.50 bits per heavy atom. The van der Waals surface area contributed by atoms with Crippen LogP contribution >= 0.6 is 0 Å². The molecule has 0 aliphatic carbocycles. The normalized spacial score (nSPS) is 18.4. The summed E-state index contributed by atoms with van der Waals surface area (Å²) in [5.41, 5.74) is -1.12. The molecule has 0 spiro atoms. The van der Waals surface area contributed by atoms with Crippen LogP contribution in [-0.2, 0) is 10.0 Å². The van der Waals surface area contributed by atoms with Crippen molar-refractivity contribution in [1.29, 1.82) is 0 Å². The van der Waals surface area contributed by atoms with Crippen LogP contribution in [0.1, 0.15) is 0 Å². The van der Waals surface area contributed by atoms with E-state index < -0.39 is 27.3 Å². The van der Waals surface area contributed by atoms with Gasteiger partial charge in [0.15, 0.2) is 11.6 Å². The molecule has 18 heavy (non-hydrogen) atoms. The van der Waals surface area contributed by atoms with E-state index in [1.165, 1.54) is 0 Å². The van der Waals surface area contributed by atoms with Crippen LogP contribution in [0.15, 0.2) is 23.1 Å². The molecule has 1 aromatic rings. The van der Waals surface area contributed by atoms with Crippen molar-refractivity contribution in [2.45, 2.75) is 10.5 Å². The standard InChI is InChI=1S/C10H12F2N2O3S/c11-8-2-1-7(3-9(8)12)18(16,17)14-6-10(15)4-13-5-10/h1-3,13-15H,4-6H2. The lowest BCUT2D eigenvalue weighted by molar-refractivity contribution is -0.00397. The number of halogens is 2. The van der Waals surface area contributed by atoms with E-state index in [4.69, 9.17) is 0 Å². The Balaban J connectivity index is 2.12. The highest BCUT2D eigenvalue weighted by Gasteiger charge is 2.35. The number of sulfonamides is 1. The zero-order valence-corrected chi connectivity index (χ0v) is 10.1. The summed E-state index contributed by atoms with van der Waals surface area (Å²) in [4.78, 5) is -0.378. The molecule has 0 radical (unpaired) electrons. The van der Waals surface area contributed by atoms with E-state index in [9.17, 15) is 22.3 Å². The fourth-order valence-corrected chi connectivity index (χ4v) is 2.63. The smallest absolute Gasteiger partial charge is 0.240 e. The highest BCUT2D eigenvalue weighted by Crippen LogP contribution is 2.15. The molecule has 0 unspecified atom stereocenters. The van der Waals surface area contributed by atoms with Gasteiger partial charge in [-0.05, 0) is 18.2 Å². The van der Waals surface area contributed by atoms with Gasteiger partial charge in [0, 0.05) is 19.6 Å². The lowest BCUT2D eigenvalue weighted by Crippen LogP contribution is -2.64. The van der Waals surface area contributed by atoms with Gasteiger partial charge in [-0.25, -0.2) is 21.9 Å². The largest absolute Gasteiger partial charge is 0.386 e. The molecule has 0 atom stereocenters. The second-order valence-electron chi connectivity index (χ2n) is 4.23. The second-order valence-corrected chi connectivity index (χ2v) is 6.00. The first-order chi connectivity index (χ1) is 8.32. The summed E-state index contributed by atoms with van der Waals surface area (Å²) in [6, 6.07) is 2.30. The van der Waals surface area contributed by atoms with Crippen molar-refractivity contribution in [2.75, 3.05) is 19.6 Å². The summed E-state index contributed by atoms with van der Waals surface area (Å²) in [5.74, 6) is -2.35. The van der Waals surface area contributed by atoms with Crippen molar-refractivity contribution >= 4 is 10.0 Å². The van der Waals surface area contributed by atoms with Crippen LogP contribution in [0, 0.1) is 11.6 Å². The number of benzene rings is 1. The molecule has 3 N–H and O–H groups in total. The molecule has 1 aliphatic heterocycles. The number of nitrogens with one attached hydrogen (secondary N) is 2. The molecule has 1 aromatic carbocycles. The molecule has 0 saturated carbocycles. The molecule has 8 heteroatoms. The Labute approximate surface area is 103 Å². The van der Waals surface area contributed by atoms with Gasteiger partial charge in [-0.2, -0.15) is 0 Å². The predicted octanol–water partition coefficient (Wildman–Crippen LogP) is -0.423. The van der Waals surface area contributed by atoms with Crippen molar-refractivity contribution in [2.24, 2.45) is 0 Å². The zero-order valence-electron chi connectivity index (χ0n) is 9.28. The van der Waals surface area contributed by atoms with E-state index in [-0.39, 0.29) is 24.5 Å². The lowest BCUT2D eigenvalue weighted by Gasteiger charge is -2.37. The summed E-state index contributed by atoms with van der Waals surface area (Å²) in [5, 5.41) is 12.5. The van der Waals surface area contributed by atoms with Crippen molar-refractivity contribution in [1.82, 2.24) is 10.0 Å². The van der Waals surface area contributed by atoms with Crippen LogP contribution in [-0.4, -0.2) is 38.8 Å². The predicted molar refractivity (Wildman–Crippen MR) is 59.4 cm³/mol. The molecule has 0 amide bonds. The third kappa shape index (κ3) is 2.66. The number of aliphatic hydroxyl groups is 1. The maximum atomic E-state index is 12.9. The summed E-state index contributed by atoms with van der Waals surface area (Å²) in [6.45, 7) is 0.391. The summed E-state index contributed by atoms with van der Waals surface area (Å²) in [6.07, 6.45) is 0. The Kier molecular flexibility index (Phi) is 3.37. The number of hydrogen-bond acceptors (Lipinski definition) is 4. The third-order valence-corrected chi connectivity index (χ3v) is 4.10. The van der Waals surface area contributed by atoms with Gasteiger partial charge in [0.05, 0.1) is 4.90 Å². The van der Waals surface area contributed by atoms with Crippen molar-refractivity contribution < 1.29 is 22.3 Å². The average Bonchev–Trinajstić information content (AvgIpc) is 2.27. The Morgan fingerprint density at radius 2 is 2.00 bits per heavy atom. The van der Waals surface area contributed by atoms with Crippen LogP contribution in [0.3, 0.4) is 0 Å². The number of rotatable bonds is 4. The molecule has 1 saturated heterocycles. The van der Waals surface area contributed by atoms with Crippen LogP contribution in [0.2, 0.25) is 0 Å². The minimum atomic E-state index is -3.95. The molecule has 2 rings (SSSR count). The monoisotopic (exact) mass is 278 g/mol. The molecule has 1 fully saturated rings. The first-order valence-corrected chi connectivity index (χ1v) is 6.69. The van der Waals surface area contributed by atoms with Gasteiger partial charge >= 0.3 is 0 Å². The minimum absolute atomic E-state index is 0.179. The molecule has 0 aromatic heterocycles. The topological polar surface area (TPSA) is 78.4 Å². The van der Waals surface area contributed by atoms with Gasteiger partial charge in [-0.1, -0.05) is 0 Å². The van der Waals surface area contributed by atoms with Crippen LogP contribution in [0.5, 0.6) is 0 Å². The van der Waals surface area contributed by atoms with E-state index >= 15 is 0 Å². The third-order valence-electron chi connectivity index (χ3n) is 2.70. The van der Waals surface area contributed by atoms with Gasteiger partial charge in [0.2, 0.25) is 10.0 Å². The Bertz CT molecular complexity index is 558. The zero-order chi connectivity index (χ0) is 13.4. The molecule has 1 aliphatic rings. The number of hydrogen-bond donors (Lipinski definition) is 3. The van der Waals surface area contributed by atoms with E-state index in [1.807, 2.05) is 0 Å². The Morgan fingerprint density at radius 1 is 1.33 bits per heavy atom. The van der Waals surface area contributed by atoms with Gasteiger partial charge < -0.3 is 10.4 Å². The first kappa shape index (κ1) is 13.3. The van der Waals surface area contributed by atoms with Crippen molar-refractivity contribution in [3.8, 4) is 0 Å². The van der Waals surface area contributed by atoms with Gasteiger partial charge in [-0.15, -0.1) is 0 Å². The van der Waals surface area contributed by atoms with Crippen molar-refractivity contribution in [3.05, 3.63) is 29.8 Å². The lowest BCUT2D eigenvalue weighted by atomic mass is 9.98. The molecule has 1 heterocycles. The summed E-state index contributed by atoms with van der Waals surface area (Å²) >= 11 is 0. The molecule has 100 valence electrons. The van der Waals surface area contributed by atoms with E-state index in [0.717, 1.165) is 12.1 Å². The van der Waals surface area contributed by atoms with Gasteiger partial charge in [0.1, 0.15) is 5.60 Å². The summed E-state index contributed by atoms with van der Waals surface area (Å²) < 4.78 is 51.3. The fraction of sp³-hybridized carbons (Fsp3) is 0.400. The SMILES string of the molecule is O=S(=O)(NCC1(O)CNC1)c1ccc(F)c(F)c1. The highest BCUT2D eigenvalue weighted by molar-refractivity contribution is 7.89. The van der Waals surface area contributed by atoms with Crippen LogP contribution in [0.4, 0.5) is 8.78 Å². The fourth-order valence-electron chi connectivity index (χ4n) is 1.50. The van der Waals surface area contributed by atoms with Crippen molar-refractivity contribution in [3.63, 3.8) is 0 Å². The average molecular weight is 278 g/mol. The van der Waals surface area contributed by atoms with Gasteiger partial charge in [-0.3, -0.25) is 0 Å². The molecule has 5 nitrogen and oxygen atoms in total. The quantitative estimate of drug-likeness (QED) is 0.699. The van der Waals surface area contributed by atoms with E-state index in [0.29, 0.717) is 6.07 Å². The number of β-amino-alcohol motifs (C(OH)–C–C–N with tert-alkyl or cyclic N) is 1. The van der Waals surface area contributed by atoms with Crippen LogP contribution in [0.25, 0.3) is 0 Å². The van der Waals surface area contributed by atoms with E-state index in [2.05, 4.69) is 10.0 Å². The highest BCUT2D eigenvalue weighted by atomic mass is 32.2. The maximum Gasteiger partial charge on any atom is 0.240 e. The van der Waals surface area contributed by atoms with E-state index in [1.54, 1.807) is 0 Å². The maximum absolute atomic E-state index is 12.9. The first-order valence-electron chi connectivity index (χ1n) is 5.20. The Hall–Kier alpha value is -1.09. The molecule has 0 bridgehead atoms. The molecular weight excluding hydrogens is 266 g/mol. The molecular formula is C10H12F2N2O3S. The minimum Gasteiger partial charge on any atom is -0.386 e. The summed E-state index contributed by atoms with van der Waals surface area (Å²) in [7, 11) is -3.95. The second kappa shape index (κ2) is 4.54.